The van der Waals surface area contributed by atoms with E-state index in [1.807, 2.05) is 13.0 Å². The van der Waals surface area contributed by atoms with Gasteiger partial charge < -0.3 is 9.84 Å². The molecule has 0 rings (SSSR count). The molecule has 0 aromatic rings. The highest BCUT2D eigenvalue weighted by molar-refractivity contribution is 5.95. The van der Waals surface area contributed by atoms with Gasteiger partial charge in [0.25, 0.3) is 0 Å². The Morgan fingerprint density at radius 2 is 2.00 bits per heavy atom. The van der Waals surface area contributed by atoms with Crippen LogP contribution in [0.2, 0.25) is 0 Å². The largest absolute Gasteiger partial charge is 0.463 e. The lowest BCUT2D eigenvalue weighted by atomic mass is 10.1. The second-order valence-corrected chi connectivity index (χ2v) is 4.24. The highest BCUT2D eigenvalue weighted by Crippen LogP contribution is 2.02. The molecule has 0 saturated heterocycles. The van der Waals surface area contributed by atoms with E-state index in [4.69, 9.17) is 4.74 Å². The minimum atomic E-state index is -0.805. The maximum atomic E-state index is 11.4. The third-order valence-corrected chi connectivity index (χ3v) is 1.96. The van der Waals surface area contributed by atoms with Crippen molar-refractivity contribution in [3.05, 3.63) is 12.2 Å². The zero-order chi connectivity index (χ0) is 13.3. The summed E-state index contributed by atoms with van der Waals surface area (Å²) in [6.45, 7) is 5.49. The van der Waals surface area contributed by atoms with Gasteiger partial charge in [-0.1, -0.05) is 25.5 Å². The fraction of sp³-hybridized carbons (Fsp3) is 0.692. The number of esters is 1. The first kappa shape index (κ1) is 15.8. The number of unbranched alkanes of at least 4 members (excludes halogenated alkanes) is 1. The first-order valence-corrected chi connectivity index (χ1v) is 6.01. The summed E-state index contributed by atoms with van der Waals surface area (Å²) >= 11 is 0. The second-order valence-electron chi connectivity index (χ2n) is 4.24. The van der Waals surface area contributed by atoms with Crippen molar-refractivity contribution in [1.82, 2.24) is 0 Å². The Morgan fingerprint density at radius 1 is 1.35 bits per heavy atom. The van der Waals surface area contributed by atoms with Crippen LogP contribution in [-0.4, -0.2) is 29.1 Å². The zero-order valence-corrected chi connectivity index (χ0v) is 10.8. The van der Waals surface area contributed by atoms with Gasteiger partial charge in [-0.3, -0.25) is 9.59 Å². The summed E-state index contributed by atoms with van der Waals surface area (Å²) in [5.41, 5.74) is 0. The van der Waals surface area contributed by atoms with E-state index >= 15 is 0 Å². The van der Waals surface area contributed by atoms with Crippen molar-refractivity contribution in [1.29, 1.82) is 0 Å². The number of aliphatic hydroxyl groups is 1. The second kappa shape index (κ2) is 8.93. The number of rotatable bonds is 8. The Labute approximate surface area is 103 Å². The Kier molecular flexibility index (Phi) is 8.32. The third-order valence-electron chi connectivity index (χ3n) is 1.96. The Bertz CT molecular complexity index is 269. The average Bonchev–Trinajstić information content (AvgIpc) is 2.15. The highest BCUT2D eigenvalue weighted by Gasteiger charge is 2.14. The van der Waals surface area contributed by atoms with Crippen molar-refractivity contribution >= 4 is 11.8 Å². The number of hydrogen-bond donors (Lipinski definition) is 1. The van der Waals surface area contributed by atoms with Gasteiger partial charge in [-0.05, 0) is 20.3 Å². The molecule has 0 aliphatic rings. The number of ether oxygens (including phenoxy) is 1. The highest BCUT2D eigenvalue weighted by atomic mass is 16.5. The summed E-state index contributed by atoms with van der Waals surface area (Å²) in [5, 5.41) is 9.48. The van der Waals surface area contributed by atoms with Crippen LogP contribution >= 0.6 is 0 Å². The van der Waals surface area contributed by atoms with E-state index < -0.39 is 12.1 Å². The molecular formula is C13H22O4. The van der Waals surface area contributed by atoms with E-state index in [0.29, 0.717) is 0 Å². The van der Waals surface area contributed by atoms with Crippen LogP contribution in [0.3, 0.4) is 0 Å². The molecule has 0 fully saturated rings. The van der Waals surface area contributed by atoms with Crippen molar-refractivity contribution in [2.24, 2.45) is 0 Å². The summed E-state index contributed by atoms with van der Waals surface area (Å²) in [4.78, 5) is 22.5. The minimum absolute atomic E-state index is 0.0343. The van der Waals surface area contributed by atoms with Crippen LogP contribution < -0.4 is 0 Å². The van der Waals surface area contributed by atoms with Crippen LogP contribution in [0.4, 0.5) is 0 Å². The Morgan fingerprint density at radius 3 is 2.53 bits per heavy atom. The van der Waals surface area contributed by atoms with Gasteiger partial charge in [-0.15, -0.1) is 0 Å². The van der Waals surface area contributed by atoms with Crippen LogP contribution in [0.1, 0.15) is 46.5 Å². The number of allylic oxidation sites excluding steroid dienone is 1. The van der Waals surface area contributed by atoms with Crippen molar-refractivity contribution in [2.75, 3.05) is 0 Å². The summed E-state index contributed by atoms with van der Waals surface area (Å²) in [6.07, 6.45) is 3.98. The van der Waals surface area contributed by atoms with E-state index in [9.17, 15) is 14.7 Å². The molecule has 0 spiro atoms. The first-order valence-electron chi connectivity index (χ1n) is 6.01. The van der Waals surface area contributed by atoms with E-state index in [-0.39, 0.29) is 24.7 Å². The molecule has 0 aromatic heterocycles. The van der Waals surface area contributed by atoms with Gasteiger partial charge in [0.1, 0.15) is 12.2 Å². The lowest BCUT2D eigenvalue weighted by Crippen LogP contribution is -2.18. The lowest BCUT2D eigenvalue weighted by Gasteiger charge is -2.08. The van der Waals surface area contributed by atoms with Crippen molar-refractivity contribution in [2.45, 2.75) is 58.7 Å². The average molecular weight is 242 g/mol. The van der Waals surface area contributed by atoms with Crippen LogP contribution in [-0.2, 0) is 14.3 Å². The molecule has 4 heteroatoms. The van der Waals surface area contributed by atoms with Gasteiger partial charge in [0.05, 0.1) is 12.2 Å². The number of aliphatic hydroxyl groups excluding tert-OH is 1. The van der Waals surface area contributed by atoms with Gasteiger partial charge >= 0.3 is 5.97 Å². The SMILES string of the molecule is CCCC=C[C@H](O)CC(=O)CC(=O)OC(C)C. The van der Waals surface area contributed by atoms with Crippen LogP contribution in [0, 0.1) is 0 Å². The van der Waals surface area contributed by atoms with E-state index in [0.717, 1.165) is 12.8 Å². The standard InChI is InChI=1S/C13H22O4/c1-4-5-6-7-11(14)8-12(15)9-13(16)17-10(2)3/h6-7,10-11,14H,4-5,8-9H2,1-3H3/t11-/m0/s1. The maximum absolute atomic E-state index is 11.4. The van der Waals surface area contributed by atoms with E-state index in [1.165, 1.54) is 0 Å². The van der Waals surface area contributed by atoms with E-state index in [2.05, 4.69) is 0 Å². The molecule has 1 atom stereocenters. The number of Topliss-reactive ketones (excluding diaryl/α,β-unsaturated/α-hetero) is 1. The van der Waals surface area contributed by atoms with Gasteiger partial charge in [0, 0.05) is 6.42 Å². The normalized spacial score (nSPS) is 13.0. The molecule has 0 radical (unpaired) electrons. The van der Waals surface area contributed by atoms with Crippen LogP contribution in [0.15, 0.2) is 12.2 Å². The fourth-order valence-corrected chi connectivity index (χ4v) is 1.26. The van der Waals surface area contributed by atoms with Gasteiger partial charge in [-0.2, -0.15) is 0 Å². The zero-order valence-electron chi connectivity index (χ0n) is 10.8. The fourth-order valence-electron chi connectivity index (χ4n) is 1.26. The molecular weight excluding hydrogens is 220 g/mol. The number of hydrogen-bond acceptors (Lipinski definition) is 4. The summed E-state index contributed by atoms with van der Waals surface area (Å²) in [7, 11) is 0. The molecule has 0 aliphatic carbocycles. The summed E-state index contributed by atoms with van der Waals surface area (Å²) in [6, 6.07) is 0. The van der Waals surface area contributed by atoms with Gasteiger partial charge in [-0.25, -0.2) is 0 Å². The minimum Gasteiger partial charge on any atom is -0.463 e. The van der Waals surface area contributed by atoms with Crippen molar-refractivity contribution in [3.8, 4) is 0 Å². The molecule has 0 saturated carbocycles. The van der Waals surface area contributed by atoms with Crippen LogP contribution in [0.25, 0.3) is 0 Å². The van der Waals surface area contributed by atoms with Crippen LogP contribution in [0.5, 0.6) is 0 Å². The summed E-state index contributed by atoms with van der Waals surface area (Å²) < 4.78 is 4.84. The van der Waals surface area contributed by atoms with Gasteiger partial charge in [0.2, 0.25) is 0 Å². The third kappa shape index (κ3) is 9.75. The smallest absolute Gasteiger partial charge is 0.313 e. The van der Waals surface area contributed by atoms with Gasteiger partial charge in [0.15, 0.2) is 0 Å². The molecule has 98 valence electrons. The van der Waals surface area contributed by atoms with Crippen molar-refractivity contribution in [3.63, 3.8) is 0 Å². The predicted octanol–water partition coefficient (Wildman–Crippen LogP) is 2.00. The summed E-state index contributed by atoms with van der Waals surface area (Å²) in [5.74, 6) is -0.834. The molecule has 0 unspecified atom stereocenters. The Balaban J connectivity index is 3.89. The number of carbonyl (C=O) groups is 2. The Hall–Kier alpha value is -1.16. The molecule has 1 N–H and O–H groups in total. The molecule has 17 heavy (non-hydrogen) atoms. The van der Waals surface area contributed by atoms with Crippen molar-refractivity contribution < 1.29 is 19.4 Å². The number of ketones is 1. The molecule has 0 aromatic carbocycles. The quantitative estimate of drug-likeness (QED) is 0.402. The maximum Gasteiger partial charge on any atom is 0.313 e. The monoisotopic (exact) mass is 242 g/mol. The topological polar surface area (TPSA) is 63.6 Å². The molecule has 0 aliphatic heterocycles. The molecule has 0 bridgehead atoms. The first-order chi connectivity index (χ1) is 7.95. The molecule has 4 nitrogen and oxygen atoms in total. The number of carbonyl (C=O) groups excluding carboxylic acids is 2. The van der Waals surface area contributed by atoms with E-state index in [1.54, 1.807) is 19.9 Å². The lowest BCUT2D eigenvalue weighted by molar-refractivity contribution is -0.149. The predicted molar refractivity (Wildman–Crippen MR) is 65.5 cm³/mol. The molecule has 0 amide bonds. The molecule has 0 heterocycles.